The predicted octanol–water partition coefficient (Wildman–Crippen LogP) is 8.63. The van der Waals surface area contributed by atoms with E-state index >= 15 is 0 Å². The van der Waals surface area contributed by atoms with Crippen LogP contribution < -0.4 is 4.52 Å². The van der Waals surface area contributed by atoms with Gasteiger partial charge in [0.25, 0.3) is 0 Å². The van der Waals surface area contributed by atoms with Gasteiger partial charge in [-0.2, -0.15) is 0 Å². The molecule has 0 radical (unpaired) electrons. The lowest BCUT2D eigenvalue weighted by atomic mass is 9.92. The summed E-state index contributed by atoms with van der Waals surface area (Å²) in [5.74, 6) is 1.15. The second kappa shape index (κ2) is 10.8. The molecule has 4 aromatic rings. The molecular weight excluding hydrogens is 431 g/mol. The Balaban J connectivity index is 1.71. The molecule has 0 aromatic heterocycles. The fraction of sp³-hybridized carbons (Fsp3) is 0.286. The second-order valence-corrected chi connectivity index (χ2v) is 9.23. The Morgan fingerprint density at radius 1 is 0.818 bits per heavy atom. The minimum absolute atomic E-state index is 0.149. The summed E-state index contributed by atoms with van der Waals surface area (Å²) >= 11 is 0. The number of hydrogen-bond donors (Lipinski definition) is 1. The lowest BCUT2D eigenvalue weighted by molar-refractivity contribution is 0.251. The summed E-state index contributed by atoms with van der Waals surface area (Å²) in [6, 6.07) is 23.2. The molecule has 4 aromatic carbocycles. The SMILES string of the molecule is CCCC(CC)CCO[P+](=O)Oc1ccc2ccccc2c1-c1c(O)ccc2ccccc12. The van der Waals surface area contributed by atoms with E-state index in [1.165, 1.54) is 0 Å². The van der Waals surface area contributed by atoms with E-state index in [0.29, 0.717) is 29.4 Å². The van der Waals surface area contributed by atoms with Crippen molar-refractivity contribution in [1.82, 2.24) is 0 Å². The molecule has 0 aliphatic carbocycles. The van der Waals surface area contributed by atoms with Crippen LogP contribution in [0.3, 0.4) is 0 Å². The fourth-order valence-electron chi connectivity index (χ4n) is 4.47. The molecule has 0 aliphatic rings. The molecule has 5 heteroatoms. The summed E-state index contributed by atoms with van der Waals surface area (Å²) in [6.07, 6.45) is 4.23. The van der Waals surface area contributed by atoms with Crippen LogP contribution in [0.15, 0.2) is 72.8 Å². The minimum Gasteiger partial charge on any atom is -0.507 e. The van der Waals surface area contributed by atoms with Crippen LogP contribution in [0.1, 0.15) is 39.5 Å². The smallest absolute Gasteiger partial charge is 0.507 e. The number of rotatable bonds is 10. The molecule has 2 atom stereocenters. The summed E-state index contributed by atoms with van der Waals surface area (Å²) in [5.41, 5.74) is 1.38. The van der Waals surface area contributed by atoms with Gasteiger partial charge in [0, 0.05) is 15.7 Å². The Hall–Kier alpha value is -2.94. The molecule has 33 heavy (non-hydrogen) atoms. The van der Waals surface area contributed by atoms with Crippen molar-refractivity contribution >= 4 is 29.8 Å². The Kier molecular flexibility index (Phi) is 7.59. The van der Waals surface area contributed by atoms with Gasteiger partial charge in [-0.3, -0.25) is 0 Å². The van der Waals surface area contributed by atoms with E-state index in [0.717, 1.165) is 47.2 Å². The van der Waals surface area contributed by atoms with Crippen molar-refractivity contribution in [3.05, 3.63) is 72.8 Å². The van der Waals surface area contributed by atoms with Crippen molar-refractivity contribution in [2.24, 2.45) is 5.92 Å². The van der Waals surface area contributed by atoms with Crippen molar-refractivity contribution < 1.29 is 18.7 Å². The third-order valence-electron chi connectivity index (χ3n) is 6.22. The van der Waals surface area contributed by atoms with Gasteiger partial charge in [0.05, 0.1) is 0 Å². The third kappa shape index (κ3) is 5.19. The molecule has 0 saturated carbocycles. The van der Waals surface area contributed by atoms with E-state index in [2.05, 4.69) is 13.8 Å². The highest BCUT2D eigenvalue weighted by atomic mass is 31.1. The highest BCUT2D eigenvalue weighted by Crippen LogP contribution is 2.47. The van der Waals surface area contributed by atoms with Crippen LogP contribution in [-0.2, 0) is 9.09 Å². The van der Waals surface area contributed by atoms with Crippen LogP contribution in [-0.4, -0.2) is 11.7 Å². The highest BCUT2D eigenvalue weighted by Gasteiger charge is 2.27. The summed E-state index contributed by atoms with van der Waals surface area (Å²) in [5, 5.41) is 14.7. The number of hydrogen-bond acceptors (Lipinski definition) is 4. The molecule has 0 saturated heterocycles. The van der Waals surface area contributed by atoms with Crippen LogP contribution in [0.25, 0.3) is 32.7 Å². The van der Waals surface area contributed by atoms with Crippen molar-refractivity contribution in [2.75, 3.05) is 6.61 Å². The molecule has 0 heterocycles. The van der Waals surface area contributed by atoms with Gasteiger partial charge in [0.2, 0.25) is 0 Å². The van der Waals surface area contributed by atoms with Gasteiger partial charge in [0.15, 0.2) is 5.75 Å². The summed E-state index contributed by atoms with van der Waals surface area (Å²) in [7, 11) is -2.35. The molecule has 0 fully saturated rings. The first-order chi connectivity index (χ1) is 16.1. The summed E-state index contributed by atoms with van der Waals surface area (Å²) < 4.78 is 24.2. The van der Waals surface area contributed by atoms with Crippen molar-refractivity contribution in [1.29, 1.82) is 0 Å². The maximum absolute atomic E-state index is 12.7. The Bertz CT molecular complexity index is 1270. The normalized spacial score (nSPS) is 12.7. The van der Waals surface area contributed by atoms with E-state index in [9.17, 15) is 9.67 Å². The second-order valence-electron chi connectivity index (χ2n) is 8.34. The van der Waals surface area contributed by atoms with Crippen molar-refractivity contribution in [3.63, 3.8) is 0 Å². The van der Waals surface area contributed by atoms with Crippen molar-refractivity contribution in [3.8, 4) is 22.6 Å². The molecule has 1 N–H and O–H groups in total. The highest BCUT2D eigenvalue weighted by molar-refractivity contribution is 7.33. The number of phenolic OH excluding ortho intramolecular Hbond substituents is 1. The topological polar surface area (TPSA) is 55.8 Å². The average molecular weight is 462 g/mol. The van der Waals surface area contributed by atoms with E-state index in [4.69, 9.17) is 9.05 Å². The van der Waals surface area contributed by atoms with Gasteiger partial charge in [-0.25, -0.2) is 4.52 Å². The Labute approximate surface area is 196 Å². The van der Waals surface area contributed by atoms with Gasteiger partial charge in [-0.05, 0) is 46.0 Å². The first-order valence-electron chi connectivity index (χ1n) is 11.6. The molecule has 4 nitrogen and oxygen atoms in total. The third-order valence-corrected chi connectivity index (χ3v) is 6.96. The number of phenols is 1. The molecule has 0 spiro atoms. The predicted molar refractivity (Wildman–Crippen MR) is 136 cm³/mol. The van der Waals surface area contributed by atoms with Gasteiger partial charge in [-0.1, -0.05) is 93.8 Å². The maximum Gasteiger partial charge on any atom is 0.750 e. The van der Waals surface area contributed by atoms with E-state index < -0.39 is 8.25 Å². The van der Waals surface area contributed by atoms with Gasteiger partial charge >= 0.3 is 8.25 Å². The zero-order chi connectivity index (χ0) is 23.2. The molecule has 170 valence electrons. The zero-order valence-electron chi connectivity index (χ0n) is 19.2. The average Bonchev–Trinajstić information content (AvgIpc) is 2.84. The fourth-order valence-corrected chi connectivity index (χ4v) is 5.09. The van der Waals surface area contributed by atoms with Gasteiger partial charge in [0.1, 0.15) is 12.4 Å². The first-order valence-corrected chi connectivity index (χ1v) is 12.7. The van der Waals surface area contributed by atoms with Gasteiger partial charge in [-0.15, -0.1) is 4.52 Å². The van der Waals surface area contributed by atoms with Crippen LogP contribution in [0.4, 0.5) is 0 Å². The Morgan fingerprint density at radius 2 is 1.45 bits per heavy atom. The molecular formula is C28H30O4P+. The number of benzene rings is 4. The molecule has 0 bridgehead atoms. The monoisotopic (exact) mass is 461 g/mol. The van der Waals surface area contributed by atoms with Crippen LogP contribution in [0, 0.1) is 5.92 Å². The number of aromatic hydroxyl groups is 1. The molecule has 4 rings (SSSR count). The number of fused-ring (bicyclic) bond motifs is 2. The molecule has 2 unspecified atom stereocenters. The lowest BCUT2D eigenvalue weighted by Crippen LogP contribution is -2.02. The summed E-state index contributed by atoms with van der Waals surface area (Å²) in [6.45, 7) is 4.75. The maximum atomic E-state index is 12.7. The molecule has 0 aliphatic heterocycles. The molecule has 0 amide bonds. The van der Waals surface area contributed by atoms with Crippen LogP contribution >= 0.6 is 8.25 Å². The standard InChI is InChI=1S/C28H29O4P/c1-3-9-20(4-2)18-19-31-33(30)32-26-17-15-22-11-6-8-13-24(22)28(26)27-23-12-7-5-10-21(23)14-16-25(27)29/h5-8,10-17,20H,3-4,9,18-19H2,1-2H3/p+1. The first kappa shape index (κ1) is 23.2. The van der Waals surface area contributed by atoms with Crippen LogP contribution in [0.5, 0.6) is 11.5 Å². The Morgan fingerprint density at radius 3 is 2.12 bits per heavy atom. The lowest BCUT2D eigenvalue weighted by Gasteiger charge is -2.14. The van der Waals surface area contributed by atoms with Crippen LogP contribution in [0.2, 0.25) is 0 Å². The summed E-state index contributed by atoms with van der Waals surface area (Å²) in [4.78, 5) is 0. The van der Waals surface area contributed by atoms with Gasteiger partial charge < -0.3 is 5.11 Å². The van der Waals surface area contributed by atoms with Crippen molar-refractivity contribution in [2.45, 2.75) is 39.5 Å². The van der Waals surface area contributed by atoms with E-state index in [-0.39, 0.29) is 5.75 Å². The minimum atomic E-state index is -2.35. The van der Waals surface area contributed by atoms with E-state index in [1.54, 1.807) is 12.1 Å². The van der Waals surface area contributed by atoms with E-state index in [1.807, 2.05) is 60.7 Å². The largest absolute Gasteiger partial charge is 0.750 e. The zero-order valence-corrected chi connectivity index (χ0v) is 20.1. The quantitative estimate of drug-likeness (QED) is 0.240.